The van der Waals surface area contributed by atoms with Crippen molar-refractivity contribution in [2.75, 3.05) is 0 Å². The van der Waals surface area contributed by atoms with Crippen LogP contribution in [0, 0.1) is 17.1 Å². The van der Waals surface area contributed by atoms with Crippen LogP contribution in [0.5, 0.6) is 0 Å². The highest BCUT2D eigenvalue weighted by atomic mass is 19.1. The summed E-state index contributed by atoms with van der Waals surface area (Å²) in [6.07, 6.45) is 2.98. The van der Waals surface area contributed by atoms with Crippen LogP contribution in [0.3, 0.4) is 0 Å². The molecule has 2 aromatic rings. The Morgan fingerprint density at radius 2 is 1.78 bits per heavy atom. The first-order chi connectivity index (χ1) is 8.72. The number of benzene rings is 1. The Morgan fingerprint density at radius 1 is 1.17 bits per heavy atom. The Morgan fingerprint density at radius 3 is 2.33 bits per heavy atom. The lowest BCUT2D eigenvalue weighted by Gasteiger charge is -2.08. The van der Waals surface area contributed by atoms with Crippen molar-refractivity contribution in [3.8, 4) is 6.07 Å². The number of hydrogen-bond acceptors (Lipinski definition) is 3. The summed E-state index contributed by atoms with van der Waals surface area (Å²) >= 11 is 0. The topological polar surface area (TPSA) is 53.8 Å². The summed E-state index contributed by atoms with van der Waals surface area (Å²) in [5, 5.41) is 9.10. The Kier molecular flexibility index (Phi) is 3.44. The van der Waals surface area contributed by atoms with Crippen LogP contribution in [-0.2, 0) is 0 Å². The first kappa shape index (κ1) is 11.9. The van der Waals surface area contributed by atoms with Crippen LogP contribution in [0.4, 0.5) is 4.39 Å². The molecular weight excluding hydrogens is 231 g/mol. The number of hydrogen-bond donors (Lipinski definition) is 0. The second kappa shape index (κ2) is 5.19. The van der Waals surface area contributed by atoms with Crippen molar-refractivity contribution in [2.24, 2.45) is 0 Å². The van der Waals surface area contributed by atoms with Crippen molar-refractivity contribution < 1.29 is 9.18 Å². The lowest BCUT2D eigenvalue weighted by Crippen LogP contribution is -2.11. The van der Waals surface area contributed by atoms with Crippen LogP contribution < -0.4 is 0 Å². The molecule has 1 heterocycles. The van der Waals surface area contributed by atoms with Crippen LogP contribution >= 0.6 is 0 Å². The van der Waals surface area contributed by atoms with Crippen LogP contribution in [0.15, 0.2) is 48.8 Å². The van der Waals surface area contributed by atoms with Gasteiger partial charge in [0.25, 0.3) is 0 Å². The standard InChI is InChI=1S/C14H9FN2O/c15-12-3-1-10(2-4-12)13(9-16)14(18)11-5-7-17-8-6-11/h1-8,13H. The van der Waals surface area contributed by atoms with Gasteiger partial charge in [-0.2, -0.15) is 5.26 Å². The zero-order valence-electron chi connectivity index (χ0n) is 9.38. The molecule has 0 spiro atoms. The van der Waals surface area contributed by atoms with Gasteiger partial charge in [-0.15, -0.1) is 0 Å². The van der Waals surface area contributed by atoms with E-state index in [2.05, 4.69) is 4.98 Å². The second-order valence-corrected chi connectivity index (χ2v) is 3.71. The van der Waals surface area contributed by atoms with Crippen molar-refractivity contribution in [1.29, 1.82) is 5.26 Å². The molecule has 1 unspecified atom stereocenters. The van der Waals surface area contributed by atoms with Crippen molar-refractivity contribution in [3.05, 3.63) is 65.7 Å². The maximum Gasteiger partial charge on any atom is 0.184 e. The van der Waals surface area contributed by atoms with Gasteiger partial charge in [0.15, 0.2) is 5.78 Å². The third kappa shape index (κ3) is 2.41. The smallest absolute Gasteiger partial charge is 0.184 e. The summed E-state index contributed by atoms with van der Waals surface area (Å²) in [4.78, 5) is 15.9. The molecule has 1 atom stereocenters. The molecule has 0 N–H and O–H groups in total. The highest BCUT2D eigenvalue weighted by molar-refractivity contribution is 6.02. The fourth-order valence-corrected chi connectivity index (χ4v) is 1.62. The molecule has 0 amide bonds. The van der Waals surface area contributed by atoms with Gasteiger partial charge < -0.3 is 0 Å². The maximum absolute atomic E-state index is 12.8. The number of ketones is 1. The van der Waals surface area contributed by atoms with Gasteiger partial charge in [-0.25, -0.2) is 4.39 Å². The average Bonchev–Trinajstić information content (AvgIpc) is 2.42. The van der Waals surface area contributed by atoms with E-state index in [4.69, 9.17) is 5.26 Å². The number of aromatic nitrogens is 1. The number of nitriles is 1. The molecule has 18 heavy (non-hydrogen) atoms. The third-order valence-electron chi connectivity index (χ3n) is 2.56. The van der Waals surface area contributed by atoms with Gasteiger partial charge >= 0.3 is 0 Å². The second-order valence-electron chi connectivity index (χ2n) is 3.71. The Labute approximate surface area is 104 Å². The normalized spacial score (nSPS) is 11.6. The number of carbonyl (C=O) groups is 1. The molecule has 0 saturated carbocycles. The number of Topliss-reactive ketones (excluding diaryl/α,β-unsaturated/α-hetero) is 1. The number of carbonyl (C=O) groups excluding carboxylic acids is 1. The lowest BCUT2D eigenvalue weighted by molar-refractivity contribution is 0.0978. The summed E-state index contributed by atoms with van der Waals surface area (Å²) < 4.78 is 12.8. The number of halogens is 1. The average molecular weight is 240 g/mol. The Hall–Kier alpha value is -2.54. The molecule has 2 rings (SSSR count). The Bertz CT molecular complexity index is 587. The van der Waals surface area contributed by atoms with Gasteiger partial charge in [0.2, 0.25) is 0 Å². The fraction of sp³-hybridized carbons (Fsp3) is 0.0714. The molecule has 0 aliphatic heterocycles. The predicted molar refractivity (Wildman–Crippen MR) is 63.3 cm³/mol. The van der Waals surface area contributed by atoms with Gasteiger partial charge in [0.1, 0.15) is 11.7 Å². The van der Waals surface area contributed by atoms with Crippen molar-refractivity contribution >= 4 is 5.78 Å². The van der Waals surface area contributed by atoms with Crippen LogP contribution in [-0.4, -0.2) is 10.8 Å². The summed E-state index contributed by atoms with van der Waals surface area (Å²) in [7, 11) is 0. The molecule has 0 bridgehead atoms. The molecule has 88 valence electrons. The van der Waals surface area contributed by atoms with E-state index in [9.17, 15) is 9.18 Å². The van der Waals surface area contributed by atoms with E-state index in [-0.39, 0.29) is 5.78 Å². The maximum atomic E-state index is 12.8. The molecule has 1 aromatic carbocycles. The van der Waals surface area contributed by atoms with Gasteiger partial charge in [-0.1, -0.05) is 12.1 Å². The molecule has 0 aliphatic rings. The predicted octanol–water partition coefficient (Wildman–Crippen LogP) is 2.71. The summed E-state index contributed by atoms with van der Waals surface area (Å²) in [6, 6.07) is 10.4. The molecular formula is C14H9FN2O. The summed E-state index contributed by atoms with van der Waals surface area (Å²) in [5.41, 5.74) is 0.904. The fourth-order valence-electron chi connectivity index (χ4n) is 1.62. The summed E-state index contributed by atoms with van der Waals surface area (Å²) in [6.45, 7) is 0. The minimum atomic E-state index is -0.923. The van der Waals surface area contributed by atoms with Crippen molar-refractivity contribution in [2.45, 2.75) is 5.92 Å². The minimum absolute atomic E-state index is 0.313. The van der Waals surface area contributed by atoms with Gasteiger partial charge in [-0.3, -0.25) is 9.78 Å². The molecule has 1 aromatic heterocycles. The van der Waals surface area contributed by atoms with E-state index in [0.717, 1.165) is 0 Å². The first-order valence-corrected chi connectivity index (χ1v) is 5.31. The SMILES string of the molecule is N#CC(C(=O)c1ccncc1)c1ccc(F)cc1. The molecule has 3 nitrogen and oxygen atoms in total. The molecule has 0 saturated heterocycles. The largest absolute Gasteiger partial charge is 0.292 e. The highest BCUT2D eigenvalue weighted by Crippen LogP contribution is 2.20. The van der Waals surface area contributed by atoms with Gasteiger partial charge in [0.05, 0.1) is 6.07 Å². The number of nitrogens with zero attached hydrogens (tertiary/aromatic N) is 2. The van der Waals surface area contributed by atoms with E-state index >= 15 is 0 Å². The molecule has 0 radical (unpaired) electrons. The molecule has 4 heteroatoms. The highest BCUT2D eigenvalue weighted by Gasteiger charge is 2.21. The van der Waals surface area contributed by atoms with E-state index < -0.39 is 11.7 Å². The van der Waals surface area contributed by atoms with E-state index in [1.807, 2.05) is 6.07 Å². The zero-order chi connectivity index (χ0) is 13.0. The third-order valence-corrected chi connectivity index (χ3v) is 2.56. The van der Waals surface area contributed by atoms with E-state index in [1.165, 1.54) is 36.7 Å². The molecule has 0 aliphatic carbocycles. The van der Waals surface area contributed by atoms with Crippen LogP contribution in [0.1, 0.15) is 21.8 Å². The molecule has 0 fully saturated rings. The van der Waals surface area contributed by atoms with Crippen LogP contribution in [0.25, 0.3) is 0 Å². The van der Waals surface area contributed by atoms with E-state index in [0.29, 0.717) is 11.1 Å². The minimum Gasteiger partial charge on any atom is -0.292 e. The van der Waals surface area contributed by atoms with Crippen molar-refractivity contribution in [1.82, 2.24) is 4.98 Å². The summed E-state index contributed by atoms with van der Waals surface area (Å²) in [5.74, 6) is -1.63. The van der Waals surface area contributed by atoms with Gasteiger partial charge in [0, 0.05) is 18.0 Å². The van der Waals surface area contributed by atoms with E-state index in [1.54, 1.807) is 12.1 Å². The van der Waals surface area contributed by atoms with Crippen molar-refractivity contribution in [3.63, 3.8) is 0 Å². The monoisotopic (exact) mass is 240 g/mol. The quantitative estimate of drug-likeness (QED) is 0.775. The first-order valence-electron chi connectivity index (χ1n) is 5.31. The van der Waals surface area contributed by atoms with Crippen LogP contribution in [0.2, 0.25) is 0 Å². The Balaban J connectivity index is 2.33. The van der Waals surface area contributed by atoms with Gasteiger partial charge in [-0.05, 0) is 29.8 Å². The number of pyridine rings is 1. The zero-order valence-corrected chi connectivity index (χ0v) is 9.38. The lowest BCUT2D eigenvalue weighted by atomic mass is 9.92. The number of rotatable bonds is 3.